The number of phenolic OH excluding ortho intramolecular Hbond substituents is 1. The van der Waals surface area contributed by atoms with Crippen molar-refractivity contribution in [2.75, 3.05) is 13.2 Å². The topological polar surface area (TPSA) is 98.9 Å². The van der Waals surface area contributed by atoms with Crippen LogP contribution < -0.4 is 0 Å². The highest BCUT2D eigenvalue weighted by Crippen LogP contribution is 2.10. The number of aromatic hydroxyl groups is 1. The Morgan fingerprint density at radius 3 is 2.50 bits per heavy atom. The molecule has 0 aromatic heterocycles. The number of nitrogens with zero attached hydrogens (tertiary/aromatic N) is 1. The van der Waals surface area contributed by atoms with E-state index >= 15 is 0 Å². The summed E-state index contributed by atoms with van der Waals surface area (Å²) in [4.78, 5) is 25.0. The zero-order chi connectivity index (χ0) is 12.0. The first-order valence-electron chi connectivity index (χ1n) is 4.33. The highest BCUT2D eigenvalue weighted by atomic mass is 17.0. The minimum atomic E-state index is -0.964. The molecule has 0 amide bonds. The standard InChI is InChI=1S/C9H9NO6/c11-8-3-1-7(2-4-8)9(12)15-5-6-16-10(13)14/h1-4,11H,5-6H2. The van der Waals surface area contributed by atoms with E-state index in [0.29, 0.717) is 0 Å². The van der Waals surface area contributed by atoms with Crippen LogP contribution >= 0.6 is 0 Å². The van der Waals surface area contributed by atoms with E-state index < -0.39 is 11.1 Å². The monoisotopic (exact) mass is 227 g/mol. The fourth-order valence-corrected chi connectivity index (χ4v) is 0.927. The average molecular weight is 227 g/mol. The van der Waals surface area contributed by atoms with Crippen LogP contribution in [0.4, 0.5) is 0 Å². The second kappa shape index (κ2) is 5.54. The minimum Gasteiger partial charge on any atom is -0.508 e. The van der Waals surface area contributed by atoms with E-state index in [1.54, 1.807) is 0 Å². The minimum absolute atomic E-state index is 0.0354. The number of benzene rings is 1. The molecule has 1 rings (SSSR count). The van der Waals surface area contributed by atoms with Gasteiger partial charge in [-0.15, -0.1) is 10.1 Å². The zero-order valence-corrected chi connectivity index (χ0v) is 8.16. The predicted octanol–water partition coefficient (Wildman–Crippen LogP) is 0.757. The summed E-state index contributed by atoms with van der Waals surface area (Å²) in [6, 6.07) is 5.44. The van der Waals surface area contributed by atoms with Crippen LogP contribution in [-0.4, -0.2) is 29.4 Å². The van der Waals surface area contributed by atoms with Gasteiger partial charge >= 0.3 is 5.97 Å². The van der Waals surface area contributed by atoms with E-state index in [-0.39, 0.29) is 24.5 Å². The lowest BCUT2D eigenvalue weighted by Gasteiger charge is -2.03. The summed E-state index contributed by atoms with van der Waals surface area (Å²) in [5.41, 5.74) is 0.249. The van der Waals surface area contributed by atoms with Crippen LogP contribution in [0.1, 0.15) is 10.4 Å². The van der Waals surface area contributed by atoms with Gasteiger partial charge in [-0.25, -0.2) is 4.79 Å². The average Bonchev–Trinajstić information content (AvgIpc) is 2.25. The maximum absolute atomic E-state index is 11.3. The highest BCUT2D eigenvalue weighted by molar-refractivity contribution is 5.89. The first-order chi connectivity index (χ1) is 7.59. The molecule has 0 spiro atoms. The second-order valence-electron chi connectivity index (χ2n) is 2.74. The Morgan fingerprint density at radius 2 is 1.94 bits per heavy atom. The van der Waals surface area contributed by atoms with Crippen molar-refractivity contribution in [3.63, 3.8) is 0 Å². The Morgan fingerprint density at radius 1 is 1.31 bits per heavy atom. The number of phenols is 1. The van der Waals surface area contributed by atoms with E-state index in [2.05, 4.69) is 9.57 Å². The molecule has 7 nitrogen and oxygen atoms in total. The van der Waals surface area contributed by atoms with E-state index in [1.165, 1.54) is 24.3 Å². The first kappa shape index (κ1) is 11.8. The molecule has 86 valence electrons. The van der Waals surface area contributed by atoms with Gasteiger partial charge in [-0.3, -0.25) is 0 Å². The molecule has 0 radical (unpaired) electrons. The Kier molecular flexibility index (Phi) is 4.07. The molecule has 0 saturated carbocycles. The third-order valence-electron chi connectivity index (χ3n) is 1.62. The molecule has 0 aliphatic carbocycles. The molecule has 1 aromatic rings. The Labute approximate surface area is 90.3 Å². The van der Waals surface area contributed by atoms with E-state index in [9.17, 15) is 14.9 Å². The molecule has 0 bridgehead atoms. The van der Waals surface area contributed by atoms with Crippen molar-refractivity contribution < 1.29 is 24.6 Å². The van der Waals surface area contributed by atoms with Gasteiger partial charge < -0.3 is 14.7 Å². The van der Waals surface area contributed by atoms with Gasteiger partial charge in [0.25, 0.3) is 5.09 Å². The Hall–Kier alpha value is -2.31. The van der Waals surface area contributed by atoms with Crippen molar-refractivity contribution in [1.29, 1.82) is 0 Å². The Bertz CT molecular complexity index is 374. The van der Waals surface area contributed by atoms with Gasteiger partial charge in [-0.2, -0.15) is 0 Å². The van der Waals surface area contributed by atoms with E-state index in [1.807, 2.05) is 0 Å². The van der Waals surface area contributed by atoms with Crippen molar-refractivity contribution in [2.24, 2.45) is 0 Å². The summed E-state index contributed by atoms with van der Waals surface area (Å²) < 4.78 is 4.67. The van der Waals surface area contributed by atoms with Gasteiger partial charge in [0.1, 0.15) is 19.0 Å². The van der Waals surface area contributed by atoms with Gasteiger partial charge in [-0.1, -0.05) is 0 Å². The third-order valence-corrected chi connectivity index (χ3v) is 1.62. The number of ether oxygens (including phenoxy) is 1. The number of esters is 1. The fourth-order valence-electron chi connectivity index (χ4n) is 0.927. The van der Waals surface area contributed by atoms with Crippen LogP contribution in [0, 0.1) is 10.1 Å². The zero-order valence-electron chi connectivity index (χ0n) is 8.16. The summed E-state index contributed by atoms with van der Waals surface area (Å²) in [5, 5.41) is 17.8. The molecule has 1 aromatic carbocycles. The molecule has 1 N–H and O–H groups in total. The van der Waals surface area contributed by atoms with E-state index in [4.69, 9.17) is 5.11 Å². The van der Waals surface area contributed by atoms with E-state index in [0.717, 1.165) is 0 Å². The van der Waals surface area contributed by atoms with Crippen LogP contribution in [0.3, 0.4) is 0 Å². The number of hydrogen-bond acceptors (Lipinski definition) is 6. The van der Waals surface area contributed by atoms with Gasteiger partial charge in [0, 0.05) is 0 Å². The molecule has 0 saturated heterocycles. The Balaban J connectivity index is 2.35. The SMILES string of the molecule is O=C(OCCO[N+](=O)[O-])c1ccc(O)cc1. The normalized spacial score (nSPS) is 9.50. The third kappa shape index (κ3) is 3.82. The molecule has 0 aliphatic rings. The van der Waals surface area contributed by atoms with Crippen molar-refractivity contribution in [3.8, 4) is 5.75 Å². The quantitative estimate of drug-likeness (QED) is 0.345. The van der Waals surface area contributed by atoms with Crippen LogP contribution in [0.15, 0.2) is 24.3 Å². The van der Waals surface area contributed by atoms with Gasteiger partial charge in [0.15, 0.2) is 0 Å². The van der Waals surface area contributed by atoms with Crippen molar-refractivity contribution in [1.82, 2.24) is 0 Å². The lowest BCUT2D eigenvalue weighted by atomic mass is 10.2. The molecule has 0 atom stereocenters. The molecule has 7 heteroatoms. The molecular weight excluding hydrogens is 218 g/mol. The van der Waals surface area contributed by atoms with Crippen molar-refractivity contribution >= 4 is 5.97 Å². The van der Waals surface area contributed by atoms with Crippen molar-refractivity contribution in [3.05, 3.63) is 39.9 Å². The number of carbonyl (C=O) groups is 1. The van der Waals surface area contributed by atoms with Crippen LogP contribution in [0.5, 0.6) is 5.75 Å². The number of carbonyl (C=O) groups excluding carboxylic acids is 1. The molecule has 16 heavy (non-hydrogen) atoms. The smallest absolute Gasteiger partial charge is 0.338 e. The number of rotatable bonds is 5. The van der Waals surface area contributed by atoms with Gasteiger partial charge in [0.05, 0.1) is 5.56 Å². The molecule has 0 aliphatic heterocycles. The number of hydrogen-bond donors (Lipinski definition) is 1. The fraction of sp³-hybridized carbons (Fsp3) is 0.222. The largest absolute Gasteiger partial charge is 0.508 e. The summed E-state index contributed by atoms with van der Waals surface area (Å²) in [6.07, 6.45) is 0. The lowest BCUT2D eigenvalue weighted by molar-refractivity contribution is -0.757. The maximum Gasteiger partial charge on any atom is 0.338 e. The summed E-state index contributed by atoms with van der Waals surface area (Å²) in [5.74, 6) is -0.597. The first-order valence-corrected chi connectivity index (χ1v) is 4.33. The molecular formula is C9H9NO6. The van der Waals surface area contributed by atoms with Crippen molar-refractivity contribution in [2.45, 2.75) is 0 Å². The van der Waals surface area contributed by atoms with Crippen LogP contribution in [-0.2, 0) is 9.57 Å². The maximum atomic E-state index is 11.3. The van der Waals surface area contributed by atoms with Gasteiger partial charge in [-0.05, 0) is 24.3 Å². The predicted molar refractivity (Wildman–Crippen MR) is 51.3 cm³/mol. The lowest BCUT2D eigenvalue weighted by Crippen LogP contribution is -2.12. The molecule has 0 fully saturated rings. The van der Waals surface area contributed by atoms with Crippen LogP contribution in [0.2, 0.25) is 0 Å². The second-order valence-corrected chi connectivity index (χ2v) is 2.74. The van der Waals surface area contributed by atoms with Crippen LogP contribution in [0.25, 0.3) is 0 Å². The molecule has 0 heterocycles. The highest BCUT2D eigenvalue weighted by Gasteiger charge is 2.06. The summed E-state index contributed by atoms with van der Waals surface area (Å²) in [6.45, 7) is -0.516. The van der Waals surface area contributed by atoms with Gasteiger partial charge in [0.2, 0.25) is 0 Å². The summed E-state index contributed by atoms with van der Waals surface area (Å²) in [7, 11) is 0. The molecule has 0 unspecified atom stereocenters. The summed E-state index contributed by atoms with van der Waals surface area (Å²) >= 11 is 0.